The maximum absolute atomic E-state index is 2.40. The first-order chi connectivity index (χ1) is 7.83. The van der Waals surface area contributed by atoms with Gasteiger partial charge in [-0.15, -0.1) is 0 Å². The summed E-state index contributed by atoms with van der Waals surface area (Å²) in [6.07, 6.45) is 5.38. The molecule has 0 heteroatoms. The number of hydrogen-bond acceptors (Lipinski definition) is 0. The van der Waals surface area contributed by atoms with E-state index in [4.69, 9.17) is 0 Å². The Morgan fingerprint density at radius 2 is 1.94 bits per heavy atom. The quantitative estimate of drug-likeness (QED) is 0.641. The predicted octanol–water partition coefficient (Wildman–Crippen LogP) is 5.18. The molecular formula is C16H26. The molecular weight excluding hydrogens is 192 g/mol. The highest BCUT2D eigenvalue weighted by molar-refractivity contribution is 5.32. The van der Waals surface area contributed by atoms with E-state index in [1.165, 1.54) is 25.7 Å². The van der Waals surface area contributed by atoms with Crippen LogP contribution in [0.3, 0.4) is 0 Å². The molecule has 0 fully saturated rings. The molecule has 90 valence electrons. The summed E-state index contributed by atoms with van der Waals surface area (Å²) in [4.78, 5) is 0. The van der Waals surface area contributed by atoms with Gasteiger partial charge in [-0.1, -0.05) is 58.4 Å². The lowest BCUT2D eigenvalue weighted by Crippen LogP contribution is -2.15. The number of fused-ring (bicyclic) bond motifs is 1. The third-order valence-electron chi connectivity index (χ3n) is 3.75. The Kier molecular flexibility index (Phi) is 5.59. The van der Waals surface area contributed by atoms with Crippen molar-refractivity contribution in [2.45, 2.75) is 59.3 Å². The van der Waals surface area contributed by atoms with Crippen LogP contribution in [-0.2, 0) is 6.42 Å². The number of rotatable bonds is 2. The van der Waals surface area contributed by atoms with Gasteiger partial charge < -0.3 is 0 Å². The zero-order chi connectivity index (χ0) is 12.0. The molecule has 0 spiro atoms. The Hall–Kier alpha value is -0.780. The van der Waals surface area contributed by atoms with Gasteiger partial charge in [-0.25, -0.2) is 0 Å². The van der Waals surface area contributed by atoms with Crippen LogP contribution < -0.4 is 0 Å². The van der Waals surface area contributed by atoms with Gasteiger partial charge in [-0.2, -0.15) is 0 Å². The fourth-order valence-corrected chi connectivity index (χ4v) is 2.67. The summed E-state index contributed by atoms with van der Waals surface area (Å²) in [7, 11) is 0. The Morgan fingerprint density at radius 1 is 1.25 bits per heavy atom. The molecule has 0 N–H and O–H groups in total. The lowest BCUT2D eigenvalue weighted by Gasteiger charge is -2.29. The molecule has 0 radical (unpaired) electrons. The van der Waals surface area contributed by atoms with Gasteiger partial charge in [0, 0.05) is 0 Å². The average Bonchev–Trinajstić information content (AvgIpc) is 2.39. The molecule has 1 aromatic carbocycles. The van der Waals surface area contributed by atoms with Crippen molar-refractivity contribution >= 4 is 0 Å². The topological polar surface area (TPSA) is 0 Å². The van der Waals surface area contributed by atoms with Crippen LogP contribution in [0.4, 0.5) is 0 Å². The first-order valence-electron chi connectivity index (χ1n) is 6.90. The molecule has 0 amide bonds. The monoisotopic (exact) mass is 218 g/mol. The fourth-order valence-electron chi connectivity index (χ4n) is 2.67. The van der Waals surface area contributed by atoms with Crippen LogP contribution in [0.2, 0.25) is 0 Å². The van der Waals surface area contributed by atoms with Crippen LogP contribution in [0.25, 0.3) is 0 Å². The number of benzene rings is 1. The zero-order valence-corrected chi connectivity index (χ0v) is 11.3. The van der Waals surface area contributed by atoms with E-state index in [1.54, 1.807) is 11.1 Å². The maximum atomic E-state index is 2.40. The van der Waals surface area contributed by atoms with E-state index >= 15 is 0 Å². The second-order valence-electron chi connectivity index (χ2n) is 4.58. The van der Waals surface area contributed by atoms with E-state index in [9.17, 15) is 0 Å². The molecule has 2 rings (SSSR count). The molecule has 16 heavy (non-hydrogen) atoms. The first-order valence-corrected chi connectivity index (χ1v) is 6.90. The lowest BCUT2D eigenvalue weighted by molar-refractivity contribution is 0.396. The van der Waals surface area contributed by atoms with Crippen molar-refractivity contribution in [2.24, 2.45) is 5.92 Å². The van der Waals surface area contributed by atoms with Crippen molar-refractivity contribution in [3.05, 3.63) is 35.4 Å². The van der Waals surface area contributed by atoms with E-state index in [0.29, 0.717) is 0 Å². The molecule has 0 aliphatic heterocycles. The molecule has 0 nitrogen and oxygen atoms in total. The Labute approximate surface area is 101 Å². The van der Waals surface area contributed by atoms with Gasteiger partial charge in [0.2, 0.25) is 0 Å². The summed E-state index contributed by atoms with van der Waals surface area (Å²) in [5.74, 6) is 1.67. The highest BCUT2D eigenvalue weighted by Gasteiger charge is 2.23. The van der Waals surface area contributed by atoms with Gasteiger partial charge in [0.05, 0.1) is 0 Å². The van der Waals surface area contributed by atoms with E-state index in [-0.39, 0.29) is 0 Å². The van der Waals surface area contributed by atoms with Crippen LogP contribution in [0.5, 0.6) is 0 Å². The van der Waals surface area contributed by atoms with Crippen molar-refractivity contribution in [2.75, 3.05) is 0 Å². The molecule has 0 saturated heterocycles. The molecule has 0 bridgehead atoms. The smallest absolute Gasteiger partial charge is 0.0133 e. The summed E-state index contributed by atoms with van der Waals surface area (Å²) in [5.41, 5.74) is 3.23. The summed E-state index contributed by atoms with van der Waals surface area (Å²) in [6, 6.07) is 9.02. The zero-order valence-electron chi connectivity index (χ0n) is 11.3. The molecule has 1 aliphatic rings. The van der Waals surface area contributed by atoms with E-state index in [2.05, 4.69) is 38.1 Å². The summed E-state index contributed by atoms with van der Waals surface area (Å²) >= 11 is 0. The minimum absolute atomic E-state index is 0.824. The third-order valence-corrected chi connectivity index (χ3v) is 3.75. The molecule has 2 atom stereocenters. The summed E-state index contributed by atoms with van der Waals surface area (Å²) in [5, 5.41) is 0. The normalized spacial score (nSPS) is 20.4. The van der Waals surface area contributed by atoms with Gasteiger partial charge in [0.15, 0.2) is 0 Å². The Bertz CT molecular complexity index is 301. The molecule has 0 aromatic heterocycles. The molecule has 1 aliphatic carbocycles. The van der Waals surface area contributed by atoms with Gasteiger partial charge in [0.25, 0.3) is 0 Å². The Balaban J connectivity index is 0.000000606. The lowest BCUT2D eigenvalue weighted by atomic mass is 9.75. The number of hydrogen-bond donors (Lipinski definition) is 0. The van der Waals surface area contributed by atoms with E-state index < -0.39 is 0 Å². The second kappa shape index (κ2) is 6.73. The second-order valence-corrected chi connectivity index (χ2v) is 4.58. The SMILES string of the molecule is CC.CCC(C)C1CCCc2ccccc21. The minimum Gasteiger partial charge on any atom is -0.0683 e. The van der Waals surface area contributed by atoms with Gasteiger partial charge in [-0.3, -0.25) is 0 Å². The van der Waals surface area contributed by atoms with Crippen LogP contribution in [-0.4, -0.2) is 0 Å². The third kappa shape index (κ3) is 2.87. The molecule has 0 heterocycles. The van der Waals surface area contributed by atoms with Crippen molar-refractivity contribution in [3.63, 3.8) is 0 Å². The van der Waals surface area contributed by atoms with Crippen molar-refractivity contribution in [1.82, 2.24) is 0 Å². The van der Waals surface area contributed by atoms with E-state index in [0.717, 1.165) is 11.8 Å². The van der Waals surface area contributed by atoms with Gasteiger partial charge >= 0.3 is 0 Å². The highest BCUT2D eigenvalue weighted by atomic mass is 14.3. The summed E-state index contributed by atoms with van der Waals surface area (Å²) < 4.78 is 0. The van der Waals surface area contributed by atoms with Gasteiger partial charge in [0.1, 0.15) is 0 Å². The van der Waals surface area contributed by atoms with Crippen molar-refractivity contribution in [1.29, 1.82) is 0 Å². The standard InChI is InChI=1S/C14H20.C2H6/c1-3-11(2)13-10-6-8-12-7-4-5-9-14(12)13;1-2/h4-5,7,9,11,13H,3,6,8,10H2,1-2H3;1-2H3. The number of aryl methyl sites for hydroxylation is 1. The van der Waals surface area contributed by atoms with Crippen molar-refractivity contribution < 1.29 is 0 Å². The van der Waals surface area contributed by atoms with Crippen LogP contribution in [0.1, 0.15) is 64.0 Å². The molecule has 2 unspecified atom stereocenters. The summed E-state index contributed by atoms with van der Waals surface area (Å²) in [6.45, 7) is 8.70. The molecule has 1 aromatic rings. The van der Waals surface area contributed by atoms with Gasteiger partial charge in [-0.05, 0) is 42.2 Å². The largest absolute Gasteiger partial charge is 0.0683 e. The van der Waals surface area contributed by atoms with Crippen LogP contribution >= 0.6 is 0 Å². The van der Waals surface area contributed by atoms with E-state index in [1.807, 2.05) is 13.8 Å². The average molecular weight is 218 g/mol. The minimum atomic E-state index is 0.824. The Morgan fingerprint density at radius 3 is 2.62 bits per heavy atom. The fraction of sp³-hybridized carbons (Fsp3) is 0.625. The van der Waals surface area contributed by atoms with Crippen LogP contribution in [0, 0.1) is 5.92 Å². The maximum Gasteiger partial charge on any atom is -0.0133 e. The highest BCUT2D eigenvalue weighted by Crippen LogP contribution is 2.37. The van der Waals surface area contributed by atoms with Crippen LogP contribution in [0.15, 0.2) is 24.3 Å². The van der Waals surface area contributed by atoms with Crippen molar-refractivity contribution in [3.8, 4) is 0 Å². The molecule has 0 saturated carbocycles. The first kappa shape index (κ1) is 13.3. The predicted molar refractivity (Wildman–Crippen MR) is 72.9 cm³/mol.